The second-order valence-electron chi connectivity index (χ2n) is 4.62. The van der Waals surface area contributed by atoms with Crippen molar-refractivity contribution in [1.29, 1.82) is 0 Å². The van der Waals surface area contributed by atoms with Crippen LogP contribution in [0.5, 0.6) is 0 Å². The molecule has 0 aliphatic heterocycles. The van der Waals surface area contributed by atoms with E-state index in [1.54, 1.807) is 30.3 Å². The highest BCUT2D eigenvalue weighted by Gasteiger charge is 2.07. The third kappa shape index (κ3) is 4.75. The molecule has 2 rings (SSSR count). The van der Waals surface area contributed by atoms with Crippen LogP contribution in [-0.4, -0.2) is 11.8 Å². The molecular formula is C17H15ClN2O2. The molecule has 0 radical (unpaired) electrons. The van der Waals surface area contributed by atoms with Crippen molar-refractivity contribution in [2.24, 2.45) is 0 Å². The fraction of sp³-hybridized carbons (Fsp3) is 0.0588. The van der Waals surface area contributed by atoms with Crippen LogP contribution in [-0.2, 0) is 9.59 Å². The van der Waals surface area contributed by atoms with E-state index in [0.29, 0.717) is 11.4 Å². The van der Waals surface area contributed by atoms with Crippen molar-refractivity contribution in [3.05, 3.63) is 65.2 Å². The van der Waals surface area contributed by atoms with E-state index in [-0.39, 0.29) is 10.9 Å². The molecular weight excluding hydrogens is 300 g/mol. The molecule has 4 nitrogen and oxygen atoms in total. The molecule has 5 heteroatoms. The molecule has 0 aliphatic rings. The van der Waals surface area contributed by atoms with E-state index >= 15 is 0 Å². The Kier molecular flexibility index (Phi) is 5.33. The minimum atomic E-state index is -0.391. The third-order valence-corrected chi connectivity index (χ3v) is 3.05. The first-order chi connectivity index (χ1) is 10.5. The summed E-state index contributed by atoms with van der Waals surface area (Å²) in [6, 6.07) is 16.1. The molecule has 0 atom stereocenters. The van der Waals surface area contributed by atoms with Crippen LogP contribution < -0.4 is 10.6 Å². The normalized spacial score (nSPS) is 10.9. The van der Waals surface area contributed by atoms with E-state index in [9.17, 15) is 9.59 Å². The van der Waals surface area contributed by atoms with Crippen molar-refractivity contribution in [3.63, 3.8) is 0 Å². The van der Waals surface area contributed by atoms with Gasteiger partial charge in [-0.25, -0.2) is 0 Å². The Bertz CT molecular complexity index is 694. The highest BCUT2D eigenvalue weighted by Crippen LogP contribution is 2.16. The zero-order valence-corrected chi connectivity index (χ0v) is 12.7. The summed E-state index contributed by atoms with van der Waals surface area (Å²) in [4.78, 5) is 22.9. The van der Waals surface area contributed by atoms with Crippen LogP contribution in [0.4, 0.5) is 11.4 Å². The fourth-order valence-electron chi connectivity index (χ4n) is 1.79. The second-order valence-corrected chi connectivity index (χ2v) is 5.02. The van der Waals surface area contributed by atoms with E-state index in [4.69, 9.17) is 11.6 Å². The van der Waals surface area contributed by atoms with E-state index < -0.39 is 5.91 Å². The van der Waals surface area contributed by atoms with Crippen molar-refractivity contribution in [3.8, 4) is 0 Å². The van der Waals surface area contributed by atoms with Gasteiger partial charge in [-0.1, -0.05) is 41.9 Å². The summed E-state index contributed by atoms with van der Waals surface area (Å²) in [7, 11) is 0. The van der Waals surface area contributed by atoms with Gasteiger partial charge in [-0.3, -0.25) is 9.59 Å². The number of benzene rings is 2. The lowest BCUT2D eigenvalue weighted by Gasteiger charge is -2.06. The number of rotatable bonds is 4. The Labute approximate surface area is 133 Å². The van der Waals surface area contributed by atoms with Gasteiger partial charge in [0.05, 0.1) is 0 Å². The van der Waals surface area contributed by atoms with Gasteiger partial charge in [-0.05, 0) is 35.9 Å². The summed E-state index contributed by atoms with van der Waals surface area (Å²) in [6.07, 6.45) is 1.60. The van der Waals surface area contributed by atoms with Gasteiger partial charge < -0.3 is 10.6 Å². The van der Waals surface area contributed by atoms with Gasteiger partial charge in [-0.2, -0.15) is 0 Å². The van der Waals surface area contributed by atoms with Gasteiger partial charge in [0.25, 0.3) is 5.91 Å². The molecule has 0 unspecified atom stereocenters. The smallest absolute Gasteiger partial charge is 0.267 e. The molecule has 0 spiro atoms. The molecule has 0 saturated heterocycles. The Balaban J connectivity index is 2.02. The maximum Gasteiger partial charge on any atom is 0.267 e. The number of amides is 2. The molecule has 22 heavy (non-hydrogen) atoms. The van der Waals surface area contributed by atoms with Gasteiger partial charge in [-0.15, -0.1) is 0 Å². The molecule has 0 bridgehead atoms. The van der Waals surface area contributed by atoms with Gasteiger partial charge in [0.1, 0.15) is 5.03 Å². The van der Waals surface area contributed by atoms with Crippen LogP contribution in [0.15, 0.2) is 59.6 Å². The quantitative estimate of drug-likeness (QED) is 0.842. The van der Waals surface area contributed by atoms with Crippen LogP contribution in [0.3, 0.4) is 0 Å². The largest absolute Gasteiger partial charge is 0.326 e. The summed E-state index contributed by atoms with van der Waals surface area (Å²) >= 11 is 6.01. The average molecular weight is 315 g/mol. The molecule has 0 saturated carbocycles. The first kappa shape index (κ1) is 15.8. The molecule has 0 aromatic heterocycles. The van der Waals surface area contributed by atoms with Crippen molar-refractivity contribution >= 4 is 40.9 Å². The number of hydrogen-bond acceptors (Lipinski definition) is 2. The third-order valence-electron chi connectivity index (χ3n) is 2.77. The standard InChI is InChI=1S/C17H15ClN2O2/c1-12(21)19-14-7-9-15(10-8-14)20-17(22)16(18)11-13-5-3-2-4-6-13/h2-11H,1H3,(H,19,21)(H,20,22)/b16-11+. The maximum absolute atomic E-state index is 12.0. The van der Waals surface area contributed by atoms with E-state index in [1.165, 1.54) is 6.92 Å². The van der Waals surface area contributed by atoms with Crippen LogP contribution in [0, 0.1) is 0 Å². The molecule has 2 amide bonds. The number of carbonyl (C=O) groups excluding carboxylic acids is 2. The van der Waals surface area contributed by atoms with E-state index in [1.807, 2.05) is 30.3 Å². The Morgan fingerprint density at radius 1 is 0.909 bits per heavy atom. The van der Waals surface area contributed by atoms with Crippen LogP contribution in [0.2, 0.25) is 0 Å². The lowest BCUT2D eigenvalue weighted by atomic mass is 10.2. The summed E-state index contributed by atoms with van der Waals surface area (Å²) in [6.45, 7) is 1.43. The van der Waals surface area contributed by atoms with Gasteiger partial charge in [0.15, 0.2) is 0 Å². The molecule has 2 aromatic rings. The number of anilines is 2. The van der Waals surface area contributed by atoms with Crippen molar-refractivity contribution in [2.45, 2.75) is 6.92 Å². The molecule has 0 fully saturated rings. The molecule has 2 N–H and O–H groups in total. The van der Waals surface area contributed by atoms with Crippen molar-refractivity contribution in [2.75, 3.05) is 10.6 Å². The summed E-state index contributed by atoms with van der Waals surface area (Å²) in [5.74, 6) is -0.538. The second kappa shape index (κ2) is 7.43. The monoisotopic (exact) mass is 314 g/mol. The average Bonchev–Trinajstić information content (AvgIpc) is 2.49. The lowest BCUT2D eigenvalue weighted by Crippen LogP contribution is -2.11. The lowest BCUT2D eigenvalue weighted by molar-refractivity contribution is -0.114. The zero-order valence-electron chi connectivity index (χ0n) is 12.0. The topological polar surface area (TPSA) is 58.2 Å². The summed E-state index contributed by atoms with van der Waals surface area (Å²) < 4.78 is 0. The zero-order chi connectivity index (χ0) is 15.9. The number of halogens is 1. The molecule has 2 aromatic carbocycles. The maximum atomic E-state index is 12.0. The van der Waals surface area contributed by atoms with Crippen LogP contribution in [0.25, 0.3) is 6.08 Å². The minimum absolute atomic E-state index is 0.0946. The first-order valence-electron chi connectivity index (χ1n) is 6.66. The van der Waals surface area contributed by atoms with E-state index in [2.05, 4.69) is 10.6 Å². The first-order valence-corrected chi connectivity index (χ1v) is 7.03. The number of nitrogens with one attached hydrogen (secondary N) is 2. The van der Waals surface area contributed by atoms with E-state index in [0.717, 1.165) is 5.56 Å². The summed E-state index contributed by atoms with van der Waals surface area (Å²) in [5, 5.41) is 5.44. The highest BCUT2D eigenvalue weighted by molar-refractivity contribution is 6.45. The highest BCUT2D eigenvalue weighted by atomic mass is 35.5. The van der Waals surface area contributed by atoms with Gasteiger partial charge in [0, 0.05) is 18.3 Å². The Hall–Kier alpha value is -2.59. The Morgan fingerprint density at radius 3 is 2.00 bits per heavy atom. The molecule has 0 aliphatic carbocycles. The Morgan fingerprint density at radius 2 is 1.45 bits per heavy atom. The number of hydrogen-bond donors (Lipinski definition) is 2. The van der Waals surface area contributed by atoms with Crippen molar-refractivity contribution < 1.29 is 9.59 Å². The van der Waals surface area contributed by atoms with Crippen LogP contribution >= 0.6 is 11.6 Å². The number of carbonyl (C=O) groups is 2. The van der Waals surface area contributed by atoms with Crippen LogP contribution in [0.1, 0.15) is 12.5 Å². The molecule has 112 valence electrons. The summed E-state index contributed by atoms with van der Waals surface area (Å²) in [5.41, 5.74) is 2.11. The fourth-order valence-corrected chi connectivity index (χ4v) is 1.97. The predicted octanol–water partition coefficient (Wildman–Crippen LogP) is 3.86. The SMILES string of the molecule is CC(=O)Nc1ccc(NC(=O)/C(Cl)=C\c2ccccc2)cc1. The predicted molar refractivity (Wildman–Crippen MR) is 89.6 cm³/mol. The minimum Gasteiger partial charge on any atom is -0.326 e. The van der Waals surface area contributed by atoms with Gasteiger partial charge in [0.2, 0.25) is 5.91 Å². The van der Waals surface area contributed by atoms with Crippen molar-refractivity contribution in [1.82, 2.24) is 0 Å². The molecule has 0 heterocycles. The van der Waals surface area contributed by atoms with Gasteiger partial charge >= 0.3 is 0 Å².